The summed E-state index contributed by atoms with van der Waals surface area (Å²) in [5.74, 6) is 0.157. The number of para-hydroxylation sites is 1. The minimum absolute atomic E-state index is 0.104. The number of carbonyl (C=O) groups is 1. The number of amides is 1. The van der Waals surface area contributed by atoms with Gasteiger partial charge >= 0.3 is 5.63 Å². The van der Waals surface area contributed by atoms with E-state index in [0.717, 1.165) is 15.8 Å². The molecule has 0 radical (unpaired) electrons. The fraction of sp³-hybridized carbons (Fsp3) is 0.115. The topological polar surface area (TPSA) is 62.9 Å². The van der Waals surface area contributed by atoms with E-state index in [-0.39, 0.29) is 17.7 Å². The highest BCUT2D eigenvalue weighted by molar-refractivity contribution is 8.00. The van der Waals surface area contributed by atoms with E-state index >= 15 is 0 Å². The molecule has 3 aromatic carbocycles. The number of hydrogen-bond acceptors (Lipinski definition) is 5. The molecule has 1 atom stereocenters. The Kier molecular flexibility index (Phi) is 5.60. The maximum Gasteiger partial charge on any atom is 0.345 e. The van der Waals surface area contributed by atoms with Gasteiger partial charge in [0, 0.05) is 16.7 Å². The molecule has 1 amide bonds. The molecule has 0 spiro atoms. The summed E-state index contributed by atoms with van der Waals surface area (Å²) in [6.07, 6.45) is 0.453. The summed E-state index contributed by atoms with van der Waals surface area (Å²) in [7, 11) is 0. The van der Waals surface area contributed by atoms with Gasteiger partial charge in [0.2, 0.25) is 0 Å². The average molecular weight is 441 g/mol. The largest absolute Gasteiger partial charge is 0.422 e. The average Bonchev–Trinajstić information content (AvgIpc) is 3.29. The molecule has 32 heavy (non-hydrogen) atoms. The van der Waals surface area contributed by atoms with Crippen molar-refractivity contribution in [3.05, 3.63) is 113 Å². The maximum atomic E-state index is 13.2. The Labute approximate surface area is 189 Å². The van der Waals surface area contributed by atoms with Crippen molar-refractivity contribution in [2.75, 3.05) is 5.75 Å². The third-order valence-electron chi connectivity index (χ3n) is 5.41. The molecule has 0 saturated carbocycles. The SMILES string of the molecule is O=C(CSc1ccccc1)N1N=C(c2cc3ccccc3oc2=O)C[C@@H]1c1ccccc1. The van der Waals surface area contributed by atoms with Gasteiger partial charge in [0.05, 0.1) is 23.1 Å². The summed E-state index contributed by atoms with van der Waals surface area (Å²) in [4.78, 5) is 26.9. The van der Waals surface area contributed by atoms with Crippen molar-refractivity contribution < 1.29 is 9.21 Å². The molecule has 1 aliphatic rings. The van der Waals surface area contributed by atoms with E-state index in [0.29, 0.717) is 23.3 Å². The summed E-state index contributed by atoms with van der Waals surface area (Å²) in [5, 5.41) is 6.97. The molecule has 1 aliphatic heterocycles. The highest BCUT2D eigenvalue weighted by atomic mass is 32.2. The third-order valence-corrected chi connectivity index (χ3v) is 6.40. The lowest BCUT2D eigenvalue weighted by Crippen LogP contribution is -2.28. The zero-order valence-corrected chi connectivity index (χ0v) is 18.0. The minimum Gasteiger partial charge on any atom is -0.422 e. The molecule has 158 valence electrons. The quantitative estimate of drug-likeness (QED) is 0.314. The van der Waals surface area contributed by atoms with Crippen LogP contribution in [-0.2, 0) is 4.79 Å². The van der Waals surface area contributed by atoms with Crippen LogP contribution in [0.4, 0.5) is 0 Å². The molecule has 4 aromatic rings. The van der Waals surface area contributed by atoms with Crippen LogP contribution in [-0.4, -0.2) is 22.4 Å². The number of thioether (sulfide) groups is 1. The van der Waals surface area contributed by atoms with Crippen LogP contribution in [0, 0.1) is 0 Å². The summed E-state index contributed by atoms with van der Waals surface area (Å²) in [6.45, 7) is 0. The second-order valence-electron chi connectivity index (χ2n) is 7.50. The molecule has 1 aromatic heterocycles. The van der Waals surface area contributed by atoms with E-state index in [1.54, 1.807) is 12.1 Å². The van der Waals surface area contributed by atoms with Crippen molar-refractivity contribution in [3.63, 3.8) is 0 Å². The Morgan fingerprint density at radius 3 is 2.44 bits per heavy atom. The number of nitrogens with zero attached hydrogens (tertiary/aromatic N) is 2. The Morgan fingerprint density at radius 2 is 1.66 bits per heavy atom. The first-order valence-corrected chi connectivity index (χ1v) is 11.3. The molecule has 0 unspecified atom stereocenters. The van der Waals surface area contributed by atoms with Crippen LogP contribution in [0.25, 0.3) is 11.0 Å². The normalized spacial score (nSPS) is 15.7. The van der Waals surface area contributed by atoms with Gasteiger partial charge in [-0.25, -0.2) is 9.80 Å². The third kappa shape index (κ3) is 4.09. The standard InChI is InChI=1S/C26H20N2O3S/c29-25(17-32-20-12-5-2-6-13-20)28-23(18-9-3-1-4-10-18)16-22(27-28)21-15-19-11-7-8-14-24(19)31-26(21)30/h1-15,23H,16-17H2/t23-/m1/s1. The summed E-state index contributed by atoms with van der Waals surface area (Å²) < 4.78 is 5.50. The van der Waals surface area contributed by atoms with Crippen molar-refractivity contribution in [1.82, 2.24) is 5.01 Å². The Bertz CT molecular complexity index is 1350. The molecule has 6 heteroatoms. The fourth-order valence-corrected chi connectivity index (χ4v) is 4.60. The molecule has 5 nitrogen and oxygen atoms in total. The monoisotopic (exact) mass is 440 g/mol. The van der Waals surface area contributed by atoms with E-state index in [1.807, 2.05) is 78.9 Å². The zero-order chi connectivity index (χ0) is 21.9. The van der Waals surface area contributed by atoms with Crippen LogP contribution in [0.15, 0.2) is 110 Å². The predicted molar refractivity (Wildman–Crippen MR) is 127 cm³/mol. The van der Waals surface area contributed by atoms with Crippen LogP contribution in [0.2, 0.25) is 0 Å². The van der Waals surface area contributed by atoms with Crippen LogP contribution >= 0.6 is 11.8 Å². The molecule has 2 heterocycles. The van der Waals surface area contributed by atoms with Gasteiger partial charge in [-0.05, 0) is 29.8 Å². The fourth-order valence-electron chi connectivity index (χ4n) is 3.83. The molecule has 0 bridgehead atoms. The van der Waals surface area contributed by atoms with Gasteiger partial charge in [-0.2, -0.15) is 5.10 Å². The Hall–Kier alpha value is -3.64. The van der Waals surface area contributed by atoms with Crippen LogP contribution in [0.3, 0.4) is 0 Å². The van der Waals surface area contributed by atoms with Gasteiger partial charge in [-0.15, -0.1) is 11.8 Å². The molecular formula is C26H20N2O3S. The maximum absolute atomic E-state index is 13.2. The Balaban J connectivity index is 1.48. The van der Waals surface area contributed by atoms with Gasteiger partial charge in [-0.1, -0.05) is 66.7 Å². The smallest absolute Gasteiger partial charge is 0.345 e. The first-order valence-electron chi connectivity index (χ1n) is 10.3. The number of hydrazone groups is 1. The van der Waals surface area contributed by atoms with Gasteiger partial charge in [0.1, 0.15) is 5.58 Å². The van der Waals surface area contributed by atoms with Gasteiger partial charge in [0.15, 0.2) is 0 Å². The number of carbonyl (C=O) groups excluding carboxylic acids is 1. The first-order chi connectivity index (χ1) is 15.7. The molecule has 0 aliphatic carbocycles. The van der Waals surface area contributed by atoms with Crippen molar-refractivity contribution in [1.29, 1.82) is 0 Å². The highest BCUT2D eigenvalue weighted by Crippen LogP contribution is 2.33. The summed E-state index contributed by atoms with van der Waals surface area (Å²) in [5.41, 5.74) is 2.04. The van der Waals surface area contributed by atoms with Crippen molar-refractivity contribution >= 4 is 34.3 Å². The lowest BCUT2D eigenvalue weighted by molar-refractivity contribution is -0.130. The van der Waals surface area contributed by atoms with Gasteiger partial charge in [-0.3, -0.25) is 4.79 Å². The Morgan fingerprint density at radius 1 is 0.969 bits per heavy atom. The highest BCUT2D eigenvalue weighted by Gasteiger charge is 2.34. The summed E-state index contributed by atoms with van der Waals surface area (Å²) >= 11 is 1.47. The van der Waals surface area contributed by atoms with E-state index in [9.17, 15) is 9.59 Å². The lowest BCUT2D eigenvalue weighted by Gasteiger charge is -2.22. The lowest BCUT2D eigenvalue weighted by atomic mass is 9.99. The van der Waals surface area contributed by atoms with Crippen molar-refractivity contribution in [2.24, 2.45) is 5.10 Å². The van der Waals surface area contributed by atoms with Crippen molar-refractivity contribution in [2.45, 2.75) is 17.4 Å². The van der Waals surface area contributed by atoms with E-state index in [1.165, 1.54) is 16.8 Å². The number of hydrogen-bond donors (Lipinski definition) is 0. The first kappa shape index (κ1) is 20.3. The van der Waals surface area contributed by atoms with E-state index in [2.05, 4.69) is 5.10 Å². The summed E-state index contributed by atoms with van der Waals surface area (Å²) in [6, 6.07) is 28.5. The molecule has 5 rings (SSSR count). The second-order valence-corrected chi connectivity index (χ2v) is 8.55. The van der Waals surface area contributed by atoms with Crippen LogP contribution in [0.5, 0.6) is 0 Å². The van der Waals surface area contributed by atoms with E-state index in [4.69, 9.17) is 4.42 Å². The van der Waals surface area contributed by atoms with Gasteiger partial charge < -0.3 is 4.42 Å². The van der Waals surface area contributed by atoms with Crippen molar-refractivity contribution in [3.8, 4) is 0 Å². The van der Waals surface area contributed by atoms with Gasteiger partial charge in [0.25, 0.3) is 5.91 Å². The van der Waals surface area contributed by atoms with Crippen LogP contribution in [0.1, 0.15) is 23.6 Å². The van der Waals surface area contributed by atoms with Crippen LogP contribution < -0.4 is 5.63 Å². The minimum atomic E-state index is -0.442. The second kappa shape index (κ2) is 8.85. The molecule has 0 saturated heterocycles. The predicted octanol–water partition coefficient (Wildman–Crippen LogP) is 5.26. The number of rotatable bonds is 5. The molecule has 0 N–H and O–H groups in total. The zero-order valence-electron chi connectivity index (χ0n) is 17.2. The van der Waals surface area contributed by atoms with E-state index < -0.39 is 5.63 Å². The molecular weight excluding hydrogens is 420 g/mol. The number of benzene rings is 3. The molecule has 0 fully saturated rings. The number of fused-ring (bicyclic) bond motifs is 1.